The first-order chi connectivity index (χ1) is 8.20. The average molecular weight is 240 g/mol. The molecule has 2 aromatic carbocycles. The van der Waals surface area contributed by atoms with Crippen molar-refractivity contribution in [2.75, 3.05) is 5.73 Å². The van der Waals surface area contributed by atoms with Crippen LogP contribution in [0, 0.1) is 18.3 Å². The van der Waals surface area contributed by atoms with Crippen molar-refractivity contribution in [3.05, 3.63) is 53.6 Å². The van der Waals surface area contributed by atoms with E-state index in [9.17, 15) is 0 Å². The van der Waals surface area contributed by atoms with Crippen LogP contribution in [0.15, 0.2) is 52.3 Å². The molecule has 0 radical (unpaired) electrons. The number of rotatable bonds is 2. The summed E-state index contributed by atoms with van der Waals surface area (Å²) in [6, 6.07) is 15.7. The van der Waals surface area contributed by atoms with Crippen LogP contribution in [-0.4, -0.2) is 0 Å². The van der Waals surface area contributed by atoms with Crippen molar-refractivity contribution < 1.29 is 0 Å². The second-order valence-electron chi connectivity index (χ2n) is 3.75. The molecular weight excluding hydrogens is 228 g/mol. The van der Waals surface area contributed by atoms with Crippen molar-refractivity contribution in [3.63, 3.8) is 0 Å². The number of para-hydroxylation sites is 1. The summed E-state index contributed by atoms with van der Waals surface area (Å²) in [5, 5.41) is 9.06. The van der Waals surface area contributed by atoms with Crippen molar-refractivity contribution in [1.29, 1.82) is 5.26 Å². The van der Waals surface area contributed by atoms with Gasteiger partial charge in [0.15, 0.2) is 0 Å². The van der Waals surface area contributed by atoms with E-state index < -0.39 is 0 Å². The standard InChI is InChI=1S/C14H12N2S/c1-10-6-7-11(9-15)14(8-10)17-13-5-3-2-4-12(13)16/h2-8H,16H2,1H3. The van der Waals surface area contributed by atoms with E-state index in [1.807, 2.05) is 49.4 Å². The number of nitrogen functional groups attached to an aromatic ring is 1. The van der Waals surface area contributed by atoms with Crippen LogP contribution in [0.2, 0.25) is 0 Å². The lowest BCUT2D eigenvalue weighted by atomic mass is 10.2. The summed E-state index contributed by atoms with van der Waals surface area (Å²) in [7, 11) is 0. The van der Waals surface area contributed by atoms with Crippen molar-refractivity contribution in [3.8, 4) is 6.07 Å². The zero-order chi connectivity index (χ0) is 12.3. The Balaban J connectivity index is 2.40. The van der Waals surface area contributed by atoms with Crippen LogP contribution in [0.5, 0.6) is 0 Å². The second-order valence-corrected chi connectivity index (χ2v) is 4.84. The van der Waals surface area contributed by atoms with Crippen LogP contribution in [0.3, 0.4) is 0 Å². The van der Waals surface area contributed by atoms with Crippen molar-refractivity contribution >= 4 is 17.4 Å². The molecule has 0 atom stereocenters. The Morgan fingerprint density at radius 3 is 2.59 bits per heavy atom. The van der Waals surface area contributed by atoms with Gasteiger partial charge in [0.25, 0.3) is 0 Å². The van der Waals surface area contributed by atoms with Gasteiger partial charge in [0.2, 0.25) is 0 Å². The first-order valence-electron chi connectivity index (χ1n) is 5.24. The zero-order valence-corrected chi connectivity index (χ0v) is 10.3. The van der Waals surface area contributed by atoms with Crippen LogP contribution in [-0.2, 0) is 0 Å². The van der Waals surface area contributed by atoms with Gasteiger partial charge < -0.3 is 5.73 Å². The molecule has 3 heteroatoms. The minimum Gasteiger partial charge on any atom is -0.398 e. The molecule has 0 fully saturated rings. The van der Waals surface area contributed by atoms with Crippen LogP contribution in [0.4, 0.5) is 5.69 Å². The van der Waals surface area contributed by atoms with Gasteiger partial charge in [0.05, 0.1) is 5.56 Å². The fraction of sp³-hybridized carbons (Fsp3) is 0.0714. The third-order valence-corrected chi connectivity index (χ3v) is 3.55. The van der Waals surface area contributed by atoms with Gasteiger partial charge in [0.1, 0.15) is 6.07 Å². The lowest BCUT2D eigenvalue weighted by Crippen LogP contribution is -1.88. The Labute approximate surface area is 105 Å². The fourth-order valence-electron chi connectivity index (χ4n) is 1.50. The maximum absolute atomic E-state index is 9.06. The maximum atomic E-state index is 9.06. The number of nitriles is 1. The minimum atomic E-state index is 0.684. The van der Waals surface area contributed by atoms with E-state index in [4.69, 9.17) is 11.0 Å². The Bertz CT molecular complexity index is 585. The summed E-state index contributed by atoms with van der Waals surface area (Å²) in [6.45, 7) is 2.01. The highest BCUT2D eigenvalue weighted by atomic mass is 32.2. The zero-order valence-electron chi connectivity index (χ0n) is 9.47. The van der Waals surface area contributed by atoms with Gasteiger partial charge in [-0.3, -0.25) is 0 Å². The van der Waals surface area contributed by atoms with Crippen molar-refractivity contribution in [2.24, 2.45) is 0 Å². The van der Waals surface area contributed by atoms with E-state index in [0.717, 1.165) is 21.0 Å². The van der Waals surface area contributed by atoms with Gasteiger partial charge in [0, 0.05) is 15.5 Å². The molecule has 0 spiro atoms. The van der Waals surface area contributed by atoms with E-state index in [0.29, 0.717) is 5.56 Å². The highest BCUT2D eigenvalue weighted by Crippen LogP contribution is 2.34. The SMILES string of the molecule is Cc1ccc(C#N)c(Sc2ccccc2N)c1. The molecule has 0 aromatic heterocycles. The third-order valence-electron chi connectivity index (χ3n) is 2.40. The van der Waals surface area contributed by atoms with Gasteiger partial charge in [-0.25, -0.2) is 0 Å². The number of benzene rings is 2. The molecule has 0 aliphatic rings. The molecule has 0 bridgehead atoms. The molecule has 17 heavy (non-hydrogen) atoms. The van der Waals surface area contributed by atoms with E-state index in [1.54, 1.807) is 0 Å². The van der Waals surface area contributed by atoms with Gasteiger partial charge in [-0.2, -0.15) is 5.26 Å². The smallest absolute Gasteiger partial charge is 0.100 e. The summed E-state index contributed by atoms with van der Waals surface area (Å²) in [5.74, 6) is 0. The van der Waals surface area contributed by atoms with Crippen LogP contribution >= 0.6 is 11.8 Å². The van der Waals surface area contributed by atoms with Gasteiger partial charge in [-0.1, -0.05) is 30.0 Å². The largest absolute Gasteiger partial charge is 0.398 e. The fourth-order valence-corrected chi connectivity index (χ4v) is 2.54. The summed E-state index contributed by atoms with van der Waals surface area (Å²) >= 11 is 1.53. The first-order valence-corrected chi connectivity index (χ1v) is 6.05. The number of aryl methyl sites for hydroxylation is 1. The van der Waals surface area contributed by atoms with E-state index in [1.165, 1.54) is 11.8 Å². The quantitative estimate of drug-likeness (QED) is 0.816. The Kier molecular flexibility index (Phi) is 3.36. The van der Waals surface area contributed by atoms with Crippen LogP contribution in [0.25, 0.3) is 0 Å². The predicted octanol–water partition coefficient (Wildman–Crippen LogP) is 3.60. The van der Waals surface area contributed by atoms with Gasteiger partial charge >= 0.3 is 0 Å². The lowest BCUT2D eigenvalue weighted by Gasteiger charge is -2.07. The number of anilines is 1. The minimum absolute atomic E-state index is 0.684. The lowest BCUT2D eigenvalue weighted by molar-refractivity contribution is 1.30. The predicted molar refractivity (Wildman–Crippen MR) is 70.9 cm³/mol. The summed E-state index contributed by atoms with van der Waals surface area (Å²) in [5.41, 5.74) is 8.46. The Hall–Kier alpha value is -1.92. The van der Waals surface area contributed by atoms with E-state index in [-0.39, 0.29) is 0 Å². The molecule has 0 aliphatic carbocycles. The van der Waals surface area contributed by atoms with E-state index >= 15 is 0 Å². The summed E-state index contributed by atoms with van der Waals surface area (Å²) in [6.07, 6.45) is 0. The molecule has 0 aliphatic heterocycles. The molecule has 84 valence electrons. The molecule has 0 saturated heterocycles. The molecule has 2 rings (SSSR count). The van der Waals surface area contributed by atoms with Gasteiger partial charge in [-0.05, 0) is 36.8 Å². The number of nitrogens with two attached hydrogens (primary N) is 1. The monoisotopic (exact) mass is 240 g/mol. The summed E-state index contributed by atoms with van der Waals surface area (Å²) < 4.78 is 0. The molecule has 0 heterocycles. The van der Waals surface area contributed by atoms with Crippen LogP contribution in [0.1, 0.15) is 11.1 Å². The number of hydrogen-bond donors (Lipinski definition) is 1. The first kappa shape index (κ1) is 11.6. The molecule has 0 amide bonds. The van der Waals surface area contributed by atoms with Crippen molar-refractivity contribution in [1.82, 2.24) is 0 Å². The van der Waals surface area contributed by atoms with Gasteiger partial charge in [-0.15, -0.1) is 0 Å². The molecule has 2 N–H and O–H groups in total. The highest BCUT2D eigenvalue weighted by molar-refractivity contribution is 7.99. The third kappa shape index (κ3) is 2.61. The Morgan fingerprint density at radius 1 is 1.12 bits per heavy atom. The second kappa shape index (κ2) is 4.94. The highest BCUT2D eigenvalue weighted by Gasteiger charge is 2.06. The average Bonchev–Trinajstić information content (AvgIpc) is 2.32. The van der Waals surface area contributed by atoms with E-state index in [2.05, 4.69) is 6.07 Å². The summed E-state index contributed by atoms with van der Waals surface area (Å²) in [4.78, 5) is 1.93. The maximum Gasteiger partial charge on any atom is 0.100 e. The number of nitrogens with zero attached hydrogens (tertiary/aromatic N) is 1. The molecule has 0 unspecified atom stereocenters. The normalized spacial score (nSPS) is 9.88. The molecular formula is C14H12N2S. The Morgan fingerprint density at radius 2 is 1.88 bits per heavy atom. The molecule has 0 saturated carbocycles. The van der Waals surface area contributed by atoms with Crippen LogP contribution < -0.4 is 5.73 Å². The molecule has 2 nitrogen and oxygen atoms in total. The number of hydrogen-bond acceptors (Lipinski definition) is 3. The molecule has 2 aromatic rings. The van der Waals surface area contributed by atoms with Crippen molar-refractivity contribution in [2.45, 2.75) is 16.7 Å². The topological polar surface area (TPSA) is 49.8 Å².